The molecule has 3 aromatic rings. The zero-order chi connectivity index (χ0) is 31.9. The summed E-state index contributed by atoms with van der Waals surface area (Å²) < 4.78 is 28.4. The first kappa shape index (κ1) is 31.3. The lowest BCUT2D eigenvalue weighted by Crippen LogP contribution is -2.50. The van der Waals surface area contributed by atoms with Crippen LogP contribution in [0.4, 0.5) is 4.39 Å². The second-order valence-electron chi connectivity index (χ2n) is 12.4. The van der Waals surface area contributed by atoms with Crippen LogP contribution in [0.5, 0.6) is 17.2 Å². The Hall–Kier alpha value is -4.18. The molecule has 0 bridgehead atoms. The summed E-state index contributed by atoms with van der Waals surface area (Å²) in [4.78, 5) is 37.5. The van der Waals surface area contributed by atoms with Crippen LogP contribution >= 0.6 is 0 Å². The van der Waals surface area contributed by atoms with Crippen molar-refractivity contribution in [2.75, 3.05) is 6.54 Å². The molecule has 1 saturated heterocycles. The van der Waals surface area contributed by atoms with E-state index in [2.05, 4.69) is 0 Å². The fourth-order valence-corrected chi connectivity index (χ4v) is 6.15. The lowest BCUT2D eigenvalue weighted by atomic mass is 9.92. The highest BCUT2D eigenvalue weighted by Gasteiger charge is 2.38. The zero-order valence-corrected chi connectivity index (χ0v) is 26.1. The third kappa shape index (κ3) is 6.36. The van der Waals surface area contributed by atoms with Crippen molar-refractivity contribution in [1.29, 1.82) is 0 Å². The molecule has 1 saturated carbocycles. The minimum Gasteiger partial charge on any atom is -0.490 e. The number of carbonyl (C=O) groups is 2. The zero-order valence-electron chi connectivity index (χ0n) is 26.1. The smallest absolute Gasteiger partial charge is 0.254 e. The van der Waals surface area contributed by atoms with Gasteiger partial charge in [-0.2, -0.15) is 0 Å². The second-order valence-corrected chi connectivity index (χ2v) is 12.4. The summed E-state index contributed by atoms with van der Waals surface area (Å²) in [6.07, 6.45) is 4.39. The van der Waals surface area contributed by atoms with Gasteiger partial charge in [-0.05, 0) is 94.3 Å². The van der Waals surface area contributed by atoms with Crippen molar-refractivity contribution < 1.29 is 28.6 Å². The number of nitrogens with zero attached hydrogens (tertiary/aromatic N) is 3. The molecule has 2 fully saturated rings. The average molecular weight is 606 g/mol. The Balaban J connectivity index is 1.49. The van der Waals surface area contributed by atoms with Crippen LogP contribution in [0.25, 0.3) is 11.1 Å². The van der Waals surface area contributed by atoms with Crippen LogP contribution in [-0.2, 0) is 22.2 Å². The molecule has 5 rings (SSSR count). The van der Waals surface area contributed by atoms with Crippen molar-refractivity contribution in [2.24, 2.45) is 7.05 Å². The predicted octanol–water partition coefficient (Wildman–Crippen LogP) is 5.51. The number of aliphatic hydroxyl groups is 1. The van der Waals surface area contributed by atoms with Crippen molar-refractivity contribution in [3.8, 4) is 28.4 Å². The summed E-state index contributed by atoms with van der Waals surface area (Å²) in [5.41, 5.74) is 1.70. The lowest BCUT2D eigenvalue weighted by Gasteiger charge is -2.38. The minimum absolute atomic E-state index is 0.0377. The molecule has 1 aromatic heterocycles. The van der Waals surface area contributed by atoms with Crippen LogP contribution in [0.1, 0.15) is 69.6 Å². The molecule has 10 heteroatoms. The molecular formula is C34H40FN3O6. The van der Waals surface area contributed by atoms with E-state index in [0.29, 0.717) is 83.7 Å². The van der Waals surface area contributed by atoms with Crippen LogP contribution in [0, 0.1) is 19.7 Å². The molecule has 0 radical (unpaired) electrons. The fourth-order valence-electron chi connectivity index (χ4n) is 6.15. The summed E-state index contributed by atoms with van der Waals surface area (Å²) in [5, 5.41) is 14.0. The maximum atomic E-state index is 14.1. The first-order valence-electron chi connectivity index (χ1n) is 15.0. The summed E-state index contributed by atoms with van der Waals surface area (Å²) in [6.45, 7) is 8.82. The van der Waals surface area contributed by atoms with E-state index in [4.69, 9.17) is 9.47 Å². The molecule has 2 amide bonds. The van der Waals surface area contributed by atoms with Crippen molar-refractivity contribution in [2.45, 2.75) is 84.5 Å². The number of carbonyl (C=O) groups excluding carboxylic acids is 2. The number of aryl methyl sites for hydroxylation is 3. The number of hydrogen-bond donors (Lipinski definition) is 1. The van der Waals surface area contributed by atoms with Gasteiger partial charge < -0.3 is 19.1 Å². The van der Waals surface area contributed by atoms with E-state index in [1.807, 2.05) is 6.07 Å². The lowest BCUT2D eigenvalue weighted by molar-refractivity contribution is -0.159. The third-order valence-electron chi connectivity index (χ3n) is 8.50. The topological polar surface area (TPSA) is 101 Å². The van der Waals surface area contributed by atoms with Gasteiger partial charge in [0.2, 0.25) is 11.8 Å². The minimum atomic E-state index is -1.16. The molecule has 1 aliphatic carbocycles. The van der Waals surface area contributed by atoms with Crippen LogP contribution < -0.4 is 15.0 Å². The predicted molar refractivity (Wildman–Crippen MR) is 164 cm³/mol. The van der Waals surface area contributed by atoms with E-state index in [9.17, 15) is 23.9 Å². The molecule has 44 heavy (non-hydrogen) atoms. The van der Waals surface area contributed by atoms with Gasteiger partial charge in [0.25, 0.3) is 5.56 Å². The highest BCUT2D eigenvalue weighted by Crippen LogP contribution is 2.42. The quantitative estimate of drug-likeness (QED) is 0.381. The SMILES string of the molecule is CC(=O)N1CCC(=O)N1[C@H]1CC[C@H](Oc2cc(=O)n(C)cc2-c2cc(C(C)(C)O)ccc2Oc2c(C)cc(F)cc2C)CC1. The van der Waals surface area contributed by atoms with Gasteiger partial charge >= 0.3 is 0 Å². The van der Waals surface area contributed by atoms with Crippen LogP contribution in [0.2, 0.25) is 0 Å². The second kappa shape index (κ2) is 12.1. The van der Waals surface area contributed by atoms with Crippen molar-refractivity contribution in [3.05, 3.63) is 75.5 Å². The first-order chi connectivity index (χ1) is 20.7. The largest absolute Gasteiger partial charge is 0.490 e. The Morgan fingerprint density at radius 1 is 0.977 bits per heavy atom. The molecule has 0 unspecified atom stereocenters. The number of benzene rings is 2. The monoisotopic (exact) mass is 605 g/mol. The molecule has 0 atom stereocenters. The number of halogens is 1. The summed E-state index contributed by atoms with van der Waals surface area (Å²) in [7, 11) is 1.66. The van der Waals surface area contributed by atoms with Crippen molar-refractivity contribution >= 4 is 11.8 Å². The molecule has 234 valence electrons. The van der Waals surface area contributed by atoms with Gasteiger partial charge in [-0.3, -0.25) is 19.4 Å². The molecule has 0 spiro atoms. The van der Waals surface area contributed by atoms with E-state index in [-0.39, 0.29) is 35.3 Å². The number of amides is 2. The number of ether oxygens (including phenoxy) is 2. The van der Waals surface area contributed by atoms with E-state index < -0.39 is 5.60 Å². The number of rotatable bonds is 7. The number of aromatic nitrogens is 1. The average Bonchev–Trinajstić information content (AvgIpc) is 3.34. The van der Waals surface area contributed by atoms with E-state index in [1.165, 1.54) is 34.7 Å². The molecule has 9 nitrogen and oxygen atoms in total. The number of hydrazine groups is 1. The summed E-state index contributed by atoms with van der Waals surface area (Å²) in [6, 6.07) is 9.56. The highest BCUT2D eigenvalue weighted by atomic mass is 19.1. The van der Waals surface area contributed by atoms with Crippen molar-refractivity contribution in [3.63, 3.8) is 0 Å². The first-order valence-corrected chi connectivity index (χ1v) is 15.0. The van der Waals surface area contributed by atoms with Crippen molar-refractivity contribution in [1.82, 2.24) is 14.6 Å². The van der Waals surface area contributed by atoms with Gasteiger partial charge in [0.1, 0.15) is 23.1 Å². The van der Waals surface area contributed by atoms with Gasteiger partial charge in [-0.15, -0.1) is 0 Å². The molecule has 1 aliphatic heterocycles. The van der Waals surface area contributed by atoms with E-state index in [0.717, 1.165) is 0 Å². The third-order valence-corrected chi connectivity index (χ3v) is 8.50. The van der Waals surface area contributed by atoms with Crippen LogP contribution in [-0.4, -0.2) is 50.2 Å². The molecule has 2 heterocycles. The van der Waals surface area contributed by atoms with Gasteiger partial charge in [0.15, 0.2) is 0 Å². The van der Waals surface area contributed by atoms with E-state index >= 15 is 0 Å². The van der Waals surface area contributed by atoms with E-state index in [1.54, 1.807) is 58.1 Å². The molecular weight excluding hydrogens is 565 g/mol. The number of hydrogen-bond acceptors (Lipinski definition) is 6. The Labute approximate surface area is 256 Å². The molecule has 1 N–H and O–H groups in total. The maximum absolute atomic E-state index is 14.1. The number of pyridine rings is 1. The standard InChI is InChI=1S/C34H40FN3O6/c1-20-15-24(35)16-21(2)33(20)44-29-12-7-23(34(4,5)42)17-27(29)28-19-36(6)32(41)18-30(28)43-26-10-8-25(9-11-26)38-31(40)13-14-37(38)22(3)39/h7,12,15-19,25-26,42H,8-11,13-14H2,1-6H3/t25-,26-. The van der Waals surface area contributed by atoms with Gasteiger partial charge in [-0.25, -0.2) is 9.40 Å². The van der Waals surface area contributed by atoms with Gasteiger partial charge in [-0.1, -0.05) is 6.07 Å². The fraction of sp³-hybridized carbons (Fsp3) is 0.441. The van der Waals surface area contributed by atoms with Gasteiger partial charge in [0, 0.05) is 43.8 Å². The normalized spacial score (nSPS) is 19.0. The highest BCUT2D eigenvalue weighted by molar-refractivity contribution is 5.84. The molecule has 2 aliphatic rings. The van der Waals surface area contributed by atoms with Gasteiger partial charge in [0.05, 0.1) is 24.3 Å². The van der Waals surface area contributed by atoms with Crippen LogP contribution in [0.15, 0.2) is 47.4 Å². The Kier molecular flexibility index (Phi) is 8.57. The van der Waals surface area contributed by atoms with Crippen LogP contribution in [0.3, 0.4) is 0 Å². The Bertz CT molecular complexity index is 1630. The Morgan fingerprint density at radius 2 is 1.64 bits per heavy atom. The summed E-state index contributed by atoms with van der Waals surface area (Å²) in [5.74, 6) is 0.826. The Morgan fingerprint density at radius 3 is 2.25 bits per heavy atom. The maximum Gasteiger partial charge on any atom is 0.254 e. The molecule has 2 aromatic carbocycles. The summed E-state index contributed by atoms with van der Waals surface area (Å²) >= 11 is 0.